The minimum Gasteiger partial charge on any atom is -0.481 e. The zero-order chi connectivity index (χ0) is 24.1. The van der Waals surface area contributed by atoms with Gasteiger partial charge in [-0.1, -0.05) is 17.3 Å². The summed E-state index contributed by atoms with van der Waals surface area (Å²) in [6.07, 6.45) is 4.59. The van der Waals surface area contributed by atoms with Gasteiger partial charge in [-0.3, -0.25) is 9.59 Å². The number of aryl methyl sites for hydroxylation is 1. The van der Waals surface area contributed by atoms with Crippen molar-refractivity contribution >= 4 is 23.7 Å². The molecule has 1 atom stereocenters. The SMILES string of the molecule is CC(=O)O.O=C1NC(Cn2nnc(C(=O)Nc3cccc4c3CCC4)c2C2CCNCC2)CO1. The highest BCUT2D eigenvalue weighted by Crippen LogP contribution is 2.31. The van der Waals surface area contributed by atoms with E-state index in [0.717, 1.165) is 63.5 Å². The first-order valence-corrected chi connectivity index (χ1v) is 11.6. The van der Waals surface area contributed by atoms with Gasteiger partial charge in [0.1, 0.15) is 6.61 Å². The molecule has 11 heteroatoms. The molecule has 0 saturated carbocycles. The topological polar surface area (TPSA) is 147 Å². The van der Waals surface area contributed by atoms with Crippen LogP contribution in [0.15, 0.2) is 18.2 Å². The molecule has 2 saturated heterocycles. The predicted molar refractivity (Wildman–Crippen MR) is 123 cm³/mol. The first-order chi connectivity index (χ1) is 16.4. The number of cyclic esters (lactones) is 1. The van der Waals surface area contributed by atoms with E-state index in [2.05, 4.69) is 32.3 Å². The quantitative estimate of drug-likeness (QED) is 0.516. The molecule has 5 rings (SSSR count). The largest absolute Gasteiger partial charge is 0.481 e. The molecule has 2 aromatic rings. The van der Waals surface area contributed by atoms with Crippen LogP contribution in [0.2, 0.25) is 0 Å². The molecule has 1 unspecified atom stereocenters. The molecular formula is C23H30N6O5. The zero-order valence-electron chi connectivity index (χ0n) is 19.2. The number of fused-ring (bicyclic) bond motifs is 1. The number of aliphatic carboxylic acids is 1. The molecule has 3 heterocycles. The summed E-state index contributed by atoms with van der Waals surface area (Å²) in [4.78, 5) is 33.6. The van der Waals surface area contributed by atoms with Gasteiger partial charge in [0, 0.05) is 18.5 Å². The minimum atomic E-state index is -0.833. The number of carbonyl (C=O) groups excluding carboxylic acids is 2. The highest BCUT2D eigenvalue weighted by Gasteiger charge is 2.31. The molecule has 182 valence electrons. The summed E-state index contributed by atoms with van der Waals surface area (Å²) in [5, 5.41) is 25.2. The Balaban J connectivity index is 0.000000636. The standard InChI is InChI=1S/C21H26N6O3.C2H4O2/c28-20(24-17-6-2-4-13-3-1-5-16(13)17)18-19(14-7-9-22-10-8-14)27(26-25-18)11-15-12-30-21(29)23-15;1-2(3)4/h2,4,6,14-15,22H,1,3,5,7-12H2,(H,23,29)(H,24,28);1H3,(H,3,4). The van der Waals surface area contributed by atoms with Gasteiger partial charge < -0.3 is 25.8 Å². The van der Waals surface area contributed by atoms with Crippen molar-refractivity contribution in [1.82, 2.24) is 25.6 Å². The van der Waals surface area contributed by atoms with E-state index < -0.39 is 12.1 Å². The number of carboxylic acids is 1. The highest BCUT2D eigenvalue weighted by molar-refractivity contribution is 6.04. The number of rotatable bonds is 5. The number of alkyl carbamates (subject to hydrolysis) is 1. The lowest BCUT2D eigenvalue weighted by atomic mass is 9.92. The smallest absolute Gasteiger partial charge is 0.407 e. The average molecular weight is 471 g/mol. The van der Waals surface area contributed by atoms with E-state index in [1.165, 1.54) is 11.1 Å². The number of carboxylic acid groups (broad SMARTS) is 1. The van der Waals surface area contributed by atoms with Gasteiger partial charge in [0.2, 0.25) is 0 Å². The first kappa shape index (κ1) is 23.7. The van der Waals surface area contributed by atoms with E-state index in [1.807, 2.05) is 12.1 Å². The maximum Gasteiger partial charge on any atom is 0.407 e. The molecule has 2 amide bonds. The molecule has 2 fully saturated rings. The number of aromatic nitrogens is 3. The third kappa shape index (κ3) is 5.53. The second-order valence-electron chi connectivity index (χ2n) is 8.74. The van der Waals surface area contributed by atoms with E-state index in [0.29, 0.717) is 18.8 Å². The van der Waals surface area contributed by atoms with Crippen molar-refractivity contribution in [3.05, 3.63) is 40.7 Å². The van der Waals surface area contributed by atoms with E-state index in [1.54, 1.807) is 4.68 Å². The Labute approximate surface area is 197 Å². The fraction of sp³-hybridized carbons (Fsp3) is 0.522. The Hall–Kier alpha value is -3.47. The van der Waals surface area contributed by atoms with Gasteiger partial charge in [0.25, 0.3) is 11.9 Å². The molecular weight excluding hydrogens is 440 g/mol. The van der Waals surface area contributed by atoms with Gasteiger partial charge in [0.05, 0.1) is 18.3 Å². The predicted octanol–water partition coefficient (Wildman–Crippen LogP) is 1.69. The van der Waals surface area contributed by atoms with Crippen molar-refractivity contribution < 1.29 is 24.2 Å². The molecule has 1 aromatic carbocycles. The van der Waals surface area contributed by atoms with Crippen molar-refractivity contribution in [3.63, 3.8) is 0 Å². The number of nitrogens with zero attached hydrogens (tertiary/aromatic N) is 3. The lowest BCUT2D eigenvalue weighted by Crippen LogP contribution is -2.34. The molecule has 4 N–H and O–H groups in total. The maximum absolute atomic E-state index is 13.2. The van der Waals surface area contributed by atoms with Crippen LogP contribution < -0.4 is 16.0 Å². The summed E-state index contributed by atoms with van der Waals surface area (Å²) >= 11 is 0. The number of piperidine rings is 1. The summed E-state index contributed by atoms with van der Waals surface area (Å²) < 4.78 is 6.78. The maximum atomic E-state index is 13.2. The number of nitrogens with one attached hydrogen (secondary N) is 3. The van der Waals surface area contributed by atoms with Gasteiger partial charge in [-0.2, -0.15) is 0 Å². The number of anilines is 1. The summed E-state index contributed by atoms with van der Waals surface area (Å²) in [5.41, 5.74) is 4.64. The van der Waals surface area contributed by atoms with Crippen LogP contribution in [0.3, 0.4) is 0 Å². The molecule has 0 spiro atoms. The van der Waals surface area contributed by atoms with Gasteiger partial charge in [0.15, 0.2) is 5.69 Å². The van der Waals surface area contributed by atoms with E-state index in [-0.39, 0.29) is 17.9 Å². The second-order valence-corrected chi connectivity index (χ2v) is 8.74. The van der Waals surface area contributed by atoms with Crippen LogP contribution in [0.1, 0.15) is 59.4 Å². The molecule has 3 aliphatic rings. The van der Waals surface area contributed by atoms with Crippen molar-refractivity contribution in [3.8, 4) is 0 Å². The summed E-state index contributed by atoms with van der Waals surface area (Å²) in [6.45, 7) is 3.60. The Morgan fingerprint density at radius 2 is 2.03 bits per heavy atom. The fourth-order valence-corrected chi connectivity index (χ4v) is 4.77. The van der Waals surface area contributed by atoms with Gasteiger partial charge >= 0.3 is 6.09 Å². The Morgan fingerprint density at radius 3 is 2.74 bits per heavy atom. The molecule has 1 aromatic heterocycles. The second kappa shape index (κ2) is 10.6. The highest BCUT2D eigenvalue weighted by atomic mass is 16.6. The van der Waals surface area contributed by atoms with Crippen LogP contribution >= 0.6 is 0 Å². The zero-order valence-corrected chi connectivity index (χ0v) is 19.2. The average Bonchev–Trinajstić information content (AvgIpc) is 3.54. The molecule has 2 aliphatic heterocycles. The Bertz CT molecular complexity index is 1060. The third-order valence-electron chi connectivity index (χ3n) is 6.24. The summed E-state index contributed by atoms with van der Waals surface area (Å²) in [7, 11) is 0. The van der Waals surface area contributed by atoms with Gasteiger partial charge in [-0.25, -0.2) is 9.48 Å². The van der Waals surface area contributed by atoms with Crippen LogP contribution in [0.5, 0.6) is 0 Å². The number of benzene rings is 1. The van der Waals surface area contributed by atoms with Crippen molar-refractivity contribution in [2.24, 2.45) is 0 Å². The van der Waals surface area contributed by atoms with Gasteiger partial charge in [-0.05, 0) is 62.4 Å². The monoisotopic (exact) mass is 470 g/mol. The van der Waals surface area contributed by atoms with E-state index in [9.17, 15) is 9.59 Å². The number of hydrogen-bond donors (Lipinski definition) is 4. The van der Waals surface area contributed by atoms with Crippen molar-refractivity contribution in [2.45, 2.75) is 57.5 Å². The van der Waals surface area contributed by atoms with E-state index >= 15 is 0 Å². The number of ether oxygens (including phenoxy) is 1. The number of amides is 2. The summed E-state index contributed by atoms with van der Waals surface area (Å²) in [6, 6.07) is 5.91. The van der Waals surface area contributed by atoms with Crippen molar-refractivity contribution in [1.29, 1.82) is 0 Å². The lowest BCUT2D eigenvalue weighted by molar-refractivity contribution is -0.134. The Morgan fingerprint density at radius 1 is 1.26 bits per heavy atom. The Kier molecular flexibility index (Phi) is 7.41. The first-order valence-electron chi connectivity index (χ1n) is 11.6. The molecule has 34 heavy (non-hydrogen) atoms. The lowest BCUT2D eigenvalue weighted by Gasteiger charge is -2.24. The molecule has 11 nitrogen and oxygen atoms in total. The fourth-order valence-electron chi connectivity index (χ4n) is 4.77. The van der Waals surface area contributed by atoms with Crippen molar-refractivity contribution in [2.75, 3.05) is 25.0 Å². The summed E-state index contributed by atoms with van der Waals surface area (Å²) in [5.74, 6) is -0.858. The van der Waals surface area contributed by atoms with Crippen LogP contribution in [-0.4, -0.2) is 63.8 Å². The van der Waals surface area contributed by atoms with E-state index in [4.69, 9.17) is 14.6 Å². The van der Waals surface area contributed by atoms with Crippen LogP contribution in [0, 0.1) is 0 Å². The normalized spacial score (nSPS) is 19.4. The molecule has 0 bridgehead atoms. The van der Waals surface area contributed by atoms with Crippen LogP contribution in [0.25, 0.3) is 0 Å². The van der Waals surface area contributed by atoms with Crippen LogP contribution in [-0.2, 0) is 28.9 Å². The number of carbonyl (C=O) groups is 3. The molecule has 1 aliphatic carbocycles. The van der Waals surface area contributed by atoms with Gasteiger partial charge in [-0.15, -0.1) is 5.10 Å². The van der Waals surface area contributed by atoms with Crippen LogP contribution in [0.4, 0.5) is 10.5 Å². The molecule has 0 radical (unpaired) electrons. The number of hydrogen-bond acceptors (Lipinski definition) is 7. The third-order valence-corrected chi connectivity index (χ3v) is 6.24. The minimum absolute atomic E-state index is 0.173.